The Labute approximate surface area is 105 Å². The number of aromatic nitrogens is 2. The first kappa shape index (κ1) is 14.5. The SMILES string of the molecule is CC(=O)C(=O)c1n[nH]c2c1CCC(C)C2.CNF. The summed E-state index contributed by atoms with van der Waals surface area (Å²) in [5.41, 5.74) is 3.57. The maximum absolute atomic E-state index is 11.5. The van der Waals surface area contributed by atoms with Crippen LogP contribution >= 0.6 is 0 Å². The van der Waals surface area contributed by atoms with E-state index in [4.69, 9.17) is 0 Å². The van der Waals surface area contributed by atoms with Crippen molar-refractivity contribution >= 4 is 11.6 Å². The van der Waals surface area contributed by atoms with Crippen LogP contribution in [-0.4, -0.2) is 28.8 Å². The van der Waals surface area contributed by atoms with Gasteiger partial charge in [-0.15, -0.1) is 4.48 Å². The molecule has 0 fully saturated rings. The molecule has 0 saturated heterocycles. The molecule has 1 unspecified atom stereocenters. The summed E-state index contributed by atoms with van der Waals surface area (Å²) < 4.78 is 10.0. The molecule has 0 spiro atoms. The third kappa shape index (κ3) is 3.22. The van der Waals surface area contributed by atoms with Gasteiger partial charge in [-0.2, -0.15) is 10.6 Å². The van der Waals surface area contributed by atoms with Crippen LogP contribution in [0.5, 0.6) is 0 Å². The maximum Gasteiger partial charge on any atom is 0.248 e. The molecule has 1 aromatic heterocycles. The van der Waals surface area contributed by atoms with Gasteiger partial charge in [-0.05, 0) is 25.2 Å². The molecule has 5 nitrogen and oxygen atoms in total. The molecule has 6 heteroatoms. The van der Waals surface area contributed by atoms with E-state index >= 15 is 0 Å². The zero-order chi connectivity index (χ0) is 13.7. The second-order valence-electron chi connectivity index (χ2n) is 4.45. The van der Waals surface area contributed by atoms with Crippen LogP contribution in [0.2, 0.25) is 0 Å². The largest absolute Gasteiger partial charge is 0.291 e. The van der Waals surface area contributed by atoms with Gasteiger partial charge in [-0.1, -0.05) is 6.92 Å². The summed E-state index contributed by atoms with van der Waals surface area (Å²) in [6.07, 6.45) is 2.83. The van der Waals surface area contributed by atoms with Crippen molar-refractivity contribution in [1.29, 1.82) is 0 Å². The van der Waals surface area contributed by atoms with Crippen LogP contribution in [0.1, 0.15) is 42.0 Å². The molecular weight excluding hydrogens is 237 g/mol. The van der Waals surface area contributed by atoms with E-state index in [2.05, 4.69) is 17.1 Å². The molecule has 2 rings (SSSR count). The van der Waals surface area contributed by atoms with E-state index in [1.807, 2.05) is 0 Å². The Balaban J connectivity index is 0.000000492. The van der Waals surface area contributed by atoms with Crippen LogP contribution in [0.15, 0.2) is 0 Å². The molecule has 18 heavy (non-hydrogen) atoms. The predicted octanol–water partition coefficient (Wildman–Crippen LogP) is 1.40. The van der Waals surface area contributed by atoms with Crippen LogP contribution < -0.4 is 5.54 Å². The normalized spacial score (nSPS) is 17.4. The highest BCUT2D eigenvalue weighted by molar-refractivity contribution is 6.42. The van der Waals surface area contributed by atoms with Crippen molar-refractivity contribution < 1.29 is 14.1 Å². The number of Topliss-reactive ketones (excluding diaryl/α,β-unsaturated/α-hetero) is 2. The third-order valence-electron chi connectivity index (χ3n) is 2.93. The molecule has 1 heterocycles. The van der Waals surface area contributed by atoms with Gasteiger partial charge in [0.25, 0.3) is 0 Å². The Morgan fingerprint density at radius 2 is 2.11 bits per heavy atom. The van der Waals surface area contributed by atoms with Crippen molar-refractivity contribution in [3.8, 4) is 0 Å². The van der Waals surface area contributed by atoms with Crippen LogP contribution in [0, 0.1) is 5.92 Å². The minimum absolute atomic E-state index is 0.337. The fourth-order valence-electron chi connectivity index (χ4n) is 2.04. The van der Waals surface area contributed by atoms with Crippen molar-refractivity contribution in [3.05, 3.63) is 17.0 Å². The van der Waals surface area contributed by atoms with E-state index in [1.165, 1.54) is 19.5 Å². The van der Waals surface area contributed by atoms with E-state index in [0.717, 1.165) is 30.5 Å². The molecule has 0 amide bonds. The smallest absolute Gasteiger partial charge is 0.248 e. The highest BCUT2D eigenvalue weighted by Crippen LogP contribution is 2.26. The molecule has 0 radical (unpaired) electrons. The fraction of sp³-hybridized carbons (Fsp3) is 0.583. The standard InChI is InChI=1S/C11H14N2O2.CH4FN/c1-6-3-4-8-9(5-6)12-13-10(8)11(15)7(2)14;1-3-2/h6H,3-5H2,1-2H3,(H,12,13);3H,1H3. The monoisotopic (exact) mass is 255 g/mol. The zero-order valence-corrected chi connectivity index (χ0v) is 10.8. The third-order valence-corrected chi connectivity index (χ3v) is 2.93. The second-order valence-corrected chi connectivity index (χ2v) is 4.45. The average molecular weight is 255 g/mol. The zero-order valence-electron chi connectivity index (χ0n) is 10.8. The minimum Gasteiger partial charge on any atom is -0.291 e. The van der Waals surface area contributed by atoms with Crippen molar-refractivity contribution in [3.63, 3.8) is 0 Å². The first-order valence-electron chi connectivity index (χ1n) is 5.90. The number of carbonyl (C=O) groups excluding carboxylic acids is 2. The topological polar surface area (TPSA) is 74.8 Å². The summed E-state index contributed by atoms with van der Waals surface area (Å²) in [6.45, 7) is 3.46. The highest BCUT2D eigenvalue weighted by Gasteiger charge is 2.25. The van der Waals surface area contributed by atoms with E-state index in [-0.39, 0.29) is 0 Å². The number of nitrogens with one attached hydrogen (secondary N) is 2. The van der Waals surface area contributed by atoms with Gasteiger partial charge < -0.3 is 0 Å². The lowest BCUT2D eigenvalue weighted by molar-refractivity contribution is -0.113. The quantitative estimate of drug-likeness (QED) is 0.476. The molecule has 1 atom stereocenters. The Hall–Kier alpha value is -1.56. The Bertz CT molecular complexity index is 443. The number of halogens is 1. The Kier molecular flexibility index (Phi) is 5.15. The average Bonchev–Trinajstić information content (AvgIpc) is 2.71. The summed E-state index contributed by atoms with van der Waals surface area (Å²) in [5, 5.41) is 6.83. The molecular formula is C12H18FN3O2. The van der Waals surface area contributed by atoms with Gasteiger partial charge in [0.2, 0.25) is 11.6 Å². The Morgan fingerprint density at radius 3 is 2.67 bits per heavy atom. The maximum atomic E-state index is 11.5. The van der Waals surface area contributed by atoms with Gasteiger partial charge in [-0.3, -0.25) is 14.7 Å². The second kappa shape index (κ2) is 6.39. The van der Waals surface area contributed by atoms with Gasteiger partial charge in [0, 0.05) is 25.2 Å². The lowest BCUT2D eigenvalue weighted by Crippen LogP contribution is -2.16. The molecule has 1 aliphatic rings. The Morgan fingerprint density at radius 1 is 1.50 bits per heavy atom. The van der Waals surface area contributed by atoms with Crippen LogP contribution in [0.4, 0.5) is 4.48 Å². The van der Waals surface area contributed by atoms with E-state index in [9.17, 15) is 14.1 Å². The number of aromatic amines is 1. The summed E-state index contributed by atoms with van der Waals surface area (Å²) in [5.74, 6) is -0.289. The summed E-state index contributed by atoms with van der Waals surface area (Å²) >= 11 is 0. The number of H-pyrrole nitrogens is 1. The van der Waals surface area contributed by atoms with Crippen LogP contribution in [0.3, 0.4) is 0 Å². The molecule has 0 aliphatic heterocycles. The summed E-state index contributed by atoms with van der Waals surface area (Å²) in [4.78, 5) is 22.5. The van der Waals surface area contributed by atoms with Crippen molar-refractivity contribution in [1.82, 2.24) is 15.7 Å². The number of rotatable bonds is 2. The van der Waals surface area contributed by atoms with Crippen LogP contribution in [-0.2, 0) is 17.6 Å². The molecule has 2 N–H and O–H groups in total. The van der Waals surface area contributed by atoms with Crippen molar-refractivity contribution in [2.45, 2.75) is 33.1 Å². The number of nitrogens with zero attached hydrogens (tertiary/aromatic N) is 1. The van der Waals surface area contributed by atoms with Gasteiger partial charge in [-0.25, -0.2) is 0 Å². The molecule has 100 valence electrons. The van der Waals surface area contributed by atoms with Crippen molar-refractivity contribution in [2.75, 3.05) is 7.05 Å². The van der Waals surface area contributed by atoms with Gasteiger partial charge in [0.1, 0.15) is 5.69 Å². The predicted molar refractivity (Wildman–Crippen MR) is 65.0 cm³/mol. The minimum atomic E-state index is -0.470. The van der Waals surface area contributed by atoms with E-state index < -0.39 is 11.6 Å². The van der Waals surface area contributed by atoms with E-state index in [0.29, 0.717) is 11.6 Å². The fourth-order valence-corrected chi connectivity index (χ4v) is 2.04. The molecule has 1 aliphatic carbocycles. The number of fused-ring (bicyclic) bond motifs is 1. The molecule has 0 aromatic carbocycles. The first-order chi connectivity index (χ1) is 8.51. The van der Waals surface area contributed by atoms with Gasteiger partial charge >= 0.3 is 0 Å². The lowest BCUT2D eigenvalue weighted by atomic mass is 9.87. The summed E-state index contributed by atoms with van der Waals surface area (Å²) in [7, 11) is 1.21. The van der Waals surface area contributed by atoms with Gasteiger partial charge in [0.15, 0.2) is 0 Å². The molecule has 0 bridgehead atoms. The first-order valence-corrected chi connectivity index (χ1v) is 5.90. The number of hydrogen-bond acceptors (Lipinski definition) is 4. The van der Waals surface area contributed by atoms with E-state index in [1.54, 1.807) is 0 Å². The summed E-state index contributed by atoms with van der Waals surface area (Å²) in [6, 6.07) is 0. The number of carbonyl (C=O) groups is 2. The number of hydrogen-bond donors (Lipinski definition) is 2. The molecule has 0 saturated carbocycles. The van der Waals surface area contributed by atoms with Crippen molar-refractivity contribution in [2.24, 2.45) is 5.92 Å². The van der Waals surface area contributed by atoms with Gasteiger partial charge in [0.05, 0.1) is 0 Å². The molecule has 1 aromatic rings. The highest BCUT2D eigenvalue weighted by atomic mass is 19.2. The lowest BCUT2D eigenvalue weighted by Gasteiger charge is -2.17. The number of ketones is 2. The van der Waals surface area contributed by atoms with Crippen LogP contribution in [0.25, 0.3) is 0 Å².